The number of ether oxygens (including phenoxy) is 1. The van der Waals surface area contributed by atoms with Gasteiger partial charge in [-0.25, -0.2) is 0 Å². The molecule has 0 aliphatic rings. The van der Waals surface area contributed by atoms with Crippen LogP contribution in [0.1, 0.15) is 18.4 Å². The van der Waals surface area contributed by atoms with Gasteiger partial charge in [0.1, 0.15) is 0 Å². The van der Waals surface area contributed by atoms with Crippen LogP contribution in [0.2, 0.25) is 0 Å². The molecule has 0 aliphatic carbocycles. The maximum Gasteiger partial charge on any atom is 0.0462 e. The van der Waals surface area contributed by atoms with Gasteiger partial charge < -0.3 is 4.74 Å². The molecule has 1 unspecified atom stereocenters. The molecule has 1 aromatic rings. The minimum absolute atomic E-state index is 0.538. The molecule has 0 heterocycles. The van der Waals surface area contributed by atoms with Gasteiger partial charge >= 0.3 is 0 Å². The molecule has 0 aliphatic heterocycles. The van der Waals surface area contributed by atoms with Gasteiger partial charge in [0.2, 0.25) is 0 Å². The van der Waals surface area contributed by atoms with Crippen molar-refractivity contribution in [2.45, 2.75) is 19.3 Å². The molecule has 0 radical (unpaired) electrons. The third-order valence-electron chi connectivity index (χ3n) is 2.65. The predicted octanol–water partition coefficient (Wildman–Crippen LogP) is 4.27. The standard InChI is InChI=1S/C13H18BrClO/c1-16-8-4-5-11(10-15)9-12-6-2-3-7-13(12)14/h2-3,6-7,11H,4-5,8-10H2,1H3. The van der Waals surface area contributed by atoms with Crippen molar-refractivity contribution in [2.75, 3.05) is 19.6 Å². The molecule has 1 rings (SSSR count). The summed E-state index contributed by atoms with van der Waals surface area (Å²) in [6.45, 7) is 0.823. The maximum absolute atomic E-state index is 5.99. The lowest BCUT2D eigenvalue weighted by Gasteiger charge is -2.14. The number of hydrogen-bond donors (Lipinski definition) is 0. The van der Waals surface area contributed by atoms with Gasteiger partial charge in [0.15, 0.2) is 0 Å². The molecule has 1 aromatic carbocycles. The third kappa shape index (κ3) is 4.86. The van der Waals surface area contributed by atoms with Crippen LogP contribution in [-0.4, -0.2) is 19.6 Å². The van der Waals surface area contributed by atoms with E-state index in [1.165, 1.54) is 10.0 Å². The summed E-state index contributed by atoms with van der Waals surface area (Å²) in [4.78, 5) is 0. The molecule has 3 heteroatoms. The summed E-state index contributed by atoms with van der Waals surface area (Å²) in [5, 5.41) is 0. The quantitative estimate of drug-likeness (QED) is 0.540. The molecule has 0 saturated carbocycles. The first-order valence-electron chi connectivity index (χ1n) is 5.56. The lowest BCUT2D eigenvalue weighted by atomic mass is 9.97. The molecule has 0 aromatic heterocycles. The van der Waals surface area contributed by atoms with Crippen molar-refractivity contribution in [2.24, 2.45) is 5.92 Å². The second-order valence-corrected chi connectivity index (χ2v) is 5.11. The van der Waals surface area contributed by atoms with E-state index in [1.54, 1.807) is 7.11 Å². The van der Waals surface area contributed by atoms with Gasteiger partial charge in [0.05, 0.1) is 0 Å². The Bertz CT molecular complexity index is 304. The monoisotopic (exact) mass is 304 g/mol. The molecular formula is C13H18BrClO. The first-order valence-corrected chi connectivity index (χ1v) is 6.89. The van der Waals surface area contributed by atoms with Crippen LogP contribution in [0.5, 0.6) is 0 Å². The summed E-state index contributed by atoms with van der Waals surface area (Å²) in [5.41, 5.74) is 1.34. The van der Waals surface area contributed by atoms with E-state index in [9.17, 15) is 0 Å². The molecule has 0 saturated heterocycles. The minimum atomic E-state index is 0.538. The van der Waals surface area contributed by atoms with Crippen LogP contribution in [-0.2, 0) is 11.2 Å². The Morgan fingerprint density at radius 1 is 1.38 bits per heavy atom. The zero-order valence-electron chi connectivity index (χ0n) is 9.59. The number of hydrogen-bond acceptors (Lipinski definition) is 1. The fraction of sp³-hybridized carbons (Fsp3) is 0.538. The molecule has 90 valence electrons. The second kappa shape index (κ2) is 8.10. The molecule has 0 amide bonds. The fourth-order valence-electron chi connectivity index (χ4n) is 1.73. The van der Waals surface area contributed by atoms with Crippen LogP contribution in [0, 0.1) is 5.92 Å². The zero-order chi connectivity index (χ0) is 11.8. The smallest absolute Gasteiger partial charge is 0.0462 e. The number of alkyl halides is 1. The number of halogens is 2. The van der Waals surface area contributed by atoms with Crippen molar-refractivity contribution in [3.8, 4) is 0 Å². The van der Waals surface area contributed by atoms with Crippen molar-refractivity contribution < 1.29 is 4.74 Å². The molecule has 0 fully saturated rings. The van der Waals surface area contributed by atoms with E-state index < -0.39 is 0 Å². The minimum Gasteiger partial charge on any atom is -0.385 e. The van der Waals surface area contributed by atoms with Gasteiger partial charge in [-0.15, -0.1) is 11.6 Å². The highest BCUT2D eigenvalue weighted by atomic mass is 79.9. The number of benzene rings is 1. The summed E-state index contributed by atoms with van der Waals surface area (Å²) >= 11 is 9.56. The molecular weight excluding hydrogens is 287 g/mol. The van der Waals surface area contributed by atoms with Crippen molar-refractivity contribution in [1.82, 2.24) is 0 Å². The van der Waals surface area contributed by atoms with Crippen LogP contribution >= 0.6 is 27.5 Å². The van der Waals surface area contributed by atoms with Crippen molar-refractivity contribution >= 4 is 27.5 Å². The first kappa shape index (κ1) is 14.0. The molecule has 16 heavy (non-hydrogen) atoms. The lowest BCUT2D eigenvalue weighted by Crippen LogP contribution is -2.08. The van der Waals surface area contributed by atoms with E-state index in [-0.39, 0.29) is 0 Å². The third-order valence-corrected chi connectivity index (χ3v) is 3.86. The first-order chi connectivity index (χ1) is 7.77. The largest absolute Gasteiger partial charge is 0.385 e. The van der Waals surface area contributed by atoms with E-state index in [0.29, 0.717) is 11.8 Å². The molecule has 0 N–H and O–H groups in total. The van der Waals surface area contributed by atoms with Gasteiger partial charge in [-0.3, -0.25) is 0 Å². The Labute approximate surface area is 111 Å². The van der Waals surface area contributed by atoms with Gasteiger partial charge in [-0.1, -0.05) is 34.1 Å². The Morgan fingerprint density at radius 3 is 2.75 bits per heavy atom. The fourth-order valence-corrected chi connectivity index (χ4v) is 2.44. The van der Waals surface area contributed by atoms with Crippen LogP contribution in [0.4, 0.5) is 0 Å². The highest BCUT2D eigenvalue weighted by Crippen LogP contribution is 2.22. The Morgan fingerprint density at radius 2 is 2.12 bits per heavy atom. The van der Waals surface area contributed by atoms with E-state index in [1.807, 2.05) is 6.07 Å². The van der Waals surface area contributed by atoms with E-state index in [2.05, 4.69) is 34.1 Å². The van der Waals surface area contributed by atoms with Crippen molar-refractivity contribution in [1.29, 1.82) is 0 Å². The maximum atomic E-state index is 5.99. The summed E-state index contributed by atoms with van der Waals surface area (Å²) in [7, 11) is 1.74. The van der Waals surface area contributed by atoms with Crippen LogP contribution in [0.25, 0.3) is 0 Å². The van der Waals surface area contributed by atoms with Crippen molar-refractivity contribution in [3.05, 3.63) is 34.3 Å². The molecule has 0 spiro atoms. The predicted molar refractivity (Wildman–Crippen MR) is 73.2 cm³/mol. The highest BCUT2D eigenvalue weighted by Gasteiger charge is 2.10. The average molecular weight is 306 g/mol. The molecule has 1 atom stereocenters. The van der Waals surface area contributed by atoms with E-state index >= 15 is 0 Å². The summed E-state index contributed by atoms with van der Waals surface area (Å²) < 4.78 is 6.24. The Kier molecular flexibility index (Phi) is 7.10. The van der Waals surface area contributed by atoms with Gasteiger partial charge in [-0.2, -0.15) is 0 Å². The topological polar surface area (TPSA) is 9.23 Å². The summed E-state index contributed by atoms with van der Waals surface area (Å²) in [6.07, 6.45) is 3.24. The lowest BCUT2D eigenvalue weighted by molar-refractivity contribution is 0.188. The SMILES string of the molecule is COCCCC(CCl)Cc1ccccc1Br. The average Bonchev–Trinajstić information content (AvgIpc) is 2.30. The number of methoxy groups -OCH3 is 1. The summed E-state index contributed by atoms with van der Waals surface area (Å²) in [5.74, 6) is 1.25. The van der Waals surface area contributed by atoms with E-state index in [0.717, 1.165) is 25.9 Å². The van der Waals surface area contributed by atoms with Gasteiger partial charge in [0.25, 0.3) is 0 Å². The molecule has 1 nitrogen and oxygen atoms in total. The second-order valence-electron chi connectivity index (χ2n) is 3.95. The summed E-state index contributed by atoms with van der Waals surface area (Å²) in [6, 6.07) is 8.34. The number of rotatable bonds is 7. The Balaban J connectivity index is 2.46. The Hall–Kier alpha value is -0.0500. The van der Waals surface area contributed by atoms with Crippen LogP contribution in [0.15, 0.2) is 28.7 Å². The van der Waals surface area contributed by atoms with Crippen molar-refractivity contribution in [3.63, 3.8) is 0 Å². The van der Waals surface area contributed by atoms with Gasteiger partial charge in [0, 0.05) is 24.1 Å². The van der Waals surface area contributed by atoms with Gasteiger partial charge in [-0.05, 0) is 36.8 Å². The molecule has 0 bridgehead atoms. The van der Waals surface area contributed by atoms with E-state index in [4.69, 9.17) is 16.3 Å². The van der Waals surface area contributed by atoms with Crippen LogP contribution in [0.3, 0.4) is 0 Å². The zero-order valence-corrected chi connectivity index (χ0v) is 11.9. The normalized spacial score (nSPS) is 12.7. The highest BCUT2D eigenvalue weighted by molar-refractivity contribution is 9.10. The van der Waals surface area contributed by atoms with Crippen LogP contribution < -0.4 is 0 Å².